The number of allylic oxidation sites excluding steroid dienone is 2. The van der Waals surface area contributed by atoms with E-state index in [4.69, 9.17) is 0 Å². The summed E-state index contributed by atoms with van der Waals surface area (Å²) in [6.45, 7) is 9.94. The van der Waals surface area contributed by atoms with Crippen LogP contribution in [-0.4, -0.2) is 11.5 Å². The van der Waals surface area contributed by atoms with Crippen molar-refractivity contribution < 1.29 is 0 Å². The van der Waals surface area contributed by atoms with Crippen molar-refractivity contribution in [2.45, 2.75) is 47.0 Å². The van der Waals surface area contributed by atoms with Crippen LogP contribution >= 0.6 is 11.8 Å². The molecular weight excluding hydrogens is 224 g/mol. The van der Waals surface area contributed by atoms with Crippen LogP contribution in [0.5, 0.6) is 0 Å². The van der Waals surface area contributed by atoms with Crippen LogP contribution < -0.4 is 0 Å². The Morgan fingerprint density at radius 2 is 2.06 bits per heavy atom. The second kappa shape index (κ2) is 4.05. The zero-order valence-corrected chi connectivity index (χ0v) is 12.6. The summed E-state index contributed by atoms with van der Waals surface area (Å²) in [4.78, 5) is 0. The molecule has 1 saturated carbocycles. The highest BCUT2D eigenvalue weighted by Gasteiger charge is 2.54. The fraction of sp³-hybridized carbons (Fsp3) is 0.875. The monoisotopic (exact) mass is 250 g/mol. The highest BCUT2D eigenvalue weighted by molar-refractivity contribution is 7.99. The van der Waals surface area contributed by atoms with Crippen LogP contribution in [0.25, 0.3) is 0 Å². The first-order valence-corrected chi connectivity index (χ1v) is 8.44. The van der Waals surface area contributed by atoms with Crippen LogP contribution in [-0.2, 0) is 0 Å². The van der Waals surface area contributed by atoms with E-state index in [9.17, 15) is 0 Å². The molecule has 4 atom stereocenters. The largest absolute Gasteiger partial charge is 0.162 e. The third kappa shape index (κ3) is 1.72. The molecule has 0 radical (unpaired) electrons. The van der Waals surface area contributed by atoms with E-state index in [1.54, 1.807) is 5.57 Å². The van der Waals surface area contributed by atoms with E-state index in [0.717, 1.165) is 23.7 Å². The van der Waals surface area contributed by atoms with Crippen molar-refractivity contribution in [1.82, 2.24) is 0 Å². The van der Waals surface area contributed by atoms with Crippen LogP contribution in [0.2, 0.25) is 0 Å². The van der Waals surface area contributed by atoms with Crippen LogP contribution in [0.15, 0.2) is 11.1 Å². The molecule has 1 aliphatic heterocycles. The molecule has 0 aromatic heterocycles. The number of hydrogen-bond acceptors (Lipinski definition) is 1. The molecule has 3 aliphatic carbocycles. The molecule has 4 aliphatic rings. The maximum Gasteiger partial charge on any atom is -0.00360 e. The van der Waals surface area contributed by atoms with Crippen molar-refractivity contribution in [2.75, 3.05) is 11.5 Å². The summed E-state index contributed by atoms with van der Waals surface area (Å²) < 4.78 is 0. The SMILES string of the molecule is CC1=C(C2CCSCC2C)[C@H]2C[C@@H](C1)C2(C)C. The summed E-state index contributed by atoms with van der Waals surface area (Å²) in [5.74, 6) is 6.52. The van der Waals surface area contributed by atoms with Crippen LogP contribution in [0.4, 0.5) is 0 Å². The number of hydrogen-bond donors (Lipinski definition) is 0. The van der Waals surface area contributed by atoms with E-state index in [2.05, 4.69) is 39.5 Å². The molecule has 4 rings (SSSR count). The molecule has 2 bridgehead atoms. The van der Waals surface area contributed by atoms with Gasteiger partial charge >= 0.3 is 0 Å². The van der Waals surface area contributed by atoms with Gasteiger partial charge in [0.15, 0.2) is 0 Å². The predicted molar refractivity (Wildman–Crippen MR) is 77.3 cm³/mol. The van der Waals surface area contributed by atoms with Gasteiger partial charge in [0.25, 0.3) is 0 Å². The van der Waals surface area contributed by atoms with Crippen LogP contribution in [0.3, 0.4) is 0 Å². The molecule has 0 aromatic carbocycles. The lowest BCUT2D eigenvalue weighted by molar-refractivity contribution is -0.0197. The topological polar surface area (TPSA) is 0 Å². The van der Waals surface area contributed by atoms with Crippen molar-refractivity contribution in [3.8, 4) is 0 Å². The first-order valence-electron chi connectivity index (χ1n) is 7.29. The Labute approximate surface area is 111 Å². The fourth-order valence-electron chi connectivity index (χ4n) is 4.59. The molecule has 0 N–H and O–H groups in total. The van der Waals surface area contributed by atoms with E-state index < -0.39 is 0 Å². The Morgan fingerprint density at radius 1 is 1.29 bits per heavy atom. The van der Waals surface area contributed by atoms with E-state index in [1.807, 2.05) is 5.57 Å². The summed E-state index contributed by atoms with van der Waals surface area (Å²) in [5.41, 5.74) is 4.29. The van der Waals surface area contributed by atoms with Gasteiger partial charge in [-0.05, 0) is 66.8 Å². The first-order chi connectivity index (χ1) is 8.01. The lowest BCUT2D eigenvalue weighted by Crippen LogP contribution is -2.51. The van der Waals surface area contributed by atoms with Crippen molar-refractivity contribution in [3.63, 3.8) is 0 Å². The molecule has 17 heavy (non-hydrogen) atoms. The average molecular weight is 250 g/mol. The van der Waals surface area contributed by atoms with Gasteiger partial charge in [-0.3, -0.25) is 0 Å². The van der Waals surface area contributed by atoms with Crippen LogP contribution in [0.1, 0.15) is 47.0 Å². The standard InChI is InChI=1S/C16H26S/c1-10-7-12-8-14(16(12,3)4)15(10)13-5-6-17-9-11(13)2/h11-14H,5-9H2,1-4H3/t11?,12-,13?,14-/m1/s1. The van der Waals surface area contributed by atoms with Crippen molar-refractivity contribution in [1.29, 1.82) is 0 Å². The zero-order chi connectivity index (χ0) is 12.2. The van der Waals surface area contributed by atoms with Crippen molar-refractivity contribution in [3.05, 3.63) is 11.1 Å². The van der Waals surface area contributed by atoms with Crippen molar-refractivity contribution >= 4 is 11.8 Å². The Balaban J connectivity index is 1.90. The van der Waals surface area contributed by atoms with Crippen LogP contribution in [0, 0.1) is 29.1 Å². The molecule has 96 valence electrons. The first kappa shape index (κ1) is 12.1. The van der Waals surface area contributed by atoms with E-state index in [-0.39, 0.29) is 0 Å². The predicted octanol–water partition coefficient (Wildman–Crippen LogP) is 4.76. The van der Waals surface area contributed by atoms with Gasteiger partial charge in [-0.2, -0.15) is 11.8 Å². The van der Waals surface area contributed by atoms with Crippen molar-refractivity contribution in [2.24, 2.45) is 29.1 Å². The molecule has 1 heterocycles. The lowest BCUT2D eigenvalue weighted by Gasteiger charge is -2.60. The number of fused-ring (bicyclic) bond motifs is 1. The Bertz CT molecular complexity index is 353. The van der Waals surface area contributed by atoms with Gasteiger partial charge in [-0.15, -0.1) is 0 Å². The minimum absolute atomic E-state index is 0.610. The minimum atomic E-state index is 0.610. The van der Waals surface area contributed by atoms with Gasteiger partial charge < -0.3 is 0 Å². The highest BCUT2D eigenvalue weighted by atomic mass is 32.2. The van der Waals surface area contributed by atoms with Gasteiger partial charge in [0, 0.05) is 0 Å². The third-order valence-corrected chi connectivity index (χ3v) is 7.22. The quantitative estimate of drug-likeness (QED) is 0.605. The molecule has 0 nitrogen and oxygen atoms in total. The molecule has 2 fully saturated rings. The zero-order valence-electron chi connectivity index (χ0n) is 11.8. The number of thioether (sulfide) groups is 1. The maximum atomic E-state index is 2.51. The van der Waals surface area contributed by atoms with Gasteiger partial charge in [-0.1, -0.05) is 31.9 Å². The van der Waals surface area contributed by atoms with Gasteiger partial charge in [0.05, 0.1) is 0 Å². The van der Waals surface area contributed by atoms with Gasteiger partial charge in [0.2, 0.25) is 0 Å². The molecule has 1 saturated heterocycles. The normalized spacial score (nSPS) is 44.5. The summed E-state index contributed by atoms with van der Waals surface area (Å²) in [5, 5.41) is 0. The van der Waals surface area contributed by atoms with Gasteiger partial charge in [-0.25, -0.2) is 0 Å². The summed E-state index contributed by atoms with van der Waals surface area (Å²) in [6.07, 6.45) is 4.33. The van der Waals surface area contributed by atoms with E-state index >= 15 is 0 Å². The minimum Gasteiger partial charge on any atom is -0.162 e. The molecule has 0 amide bonds. The summed E-state index contributed by atoms with van der Waals surface area (Å²) in [6, 6.07) is 0. The second-order valence-corrected chi connectivity index (χ2v) is 8.34. The average Bonchev–Trinajstić information content (AvgIpc) is 2.30. The fourth-order valence-corrected chi connectivity index (χ4v) is 5.78. The summed E-state index contributed by atoms with van der Waals surface area (Å²) >= 11 is 2.16. The Kier molecular flexibility index (Phi) is 2.89. The molecule has 1 heteroatoms. The second-order valence-electron chi connectivity index (χ2n) is 7.19. The Morgan fingerprint density at radius 3 is 2.71 bits per heavy atom. The third-order valence-electron chi connectivity index (χ3n) is 5.93. The molecular formula is C16H26S. The lowest BCUT2D eigenvalue weighted by atomic mass is 9.45. The smallest absolute Gasteiger partial charge is 0.00360 e. The van der Waals surface area contributed by atoms with Gasteiger partial charge in [0.1, 0.15) is 0 Å². The molecule has 0 spiro atoms. The number of rotatable bonds is 1. The Hall–Kier alpha value is 0.0900. The highest BCUT2D eigenvalue weighted by Crippen LogP contribution is 2.63. The summed E-state index contributed by atoms with van der Waals surface area (Å²) in [7, 11) is 0. The van der Waals surface area contributed by atoms with E-state index in [0.29, 0.717) is 5.41 Å². The molecule has 0 aromatic rings. The van der Waals surface area contributed by atoms with E-state index in [1.165, 1.54) is 30.8 Å². The molecule has 2 unspecified atom stereocenters. The maximum absolute atomic E-state index is 2.51.